The molecule has 0 N–H and O–H groups in total. The maximum atomic E-state index is 11.5. The van der Waals surface area contributed by atoms with Gasteiger partial charge in [0.05, 0.1) is 17.4 Å². The fourth-order valence-corrected chi connectivity index (χ4v) is 1.60. The molecule has 1 atom stereocenters. The third-order valence-corrected chi connectivity index (χ3v) is 2.61. The van der Waals surface area contributed by atoms with Crippen molar-refractivity contribution >= 4 is 23.3 Å². The van der Waals surface area contributed by atoms with Crippen LogP contribution in [0, 0.1) is 10.1 Å². The van der Waals surface area contributed by atoms with Crippen LogP contribution in [-0.4, -0.2) is 17.5 Å². The van der Waals surface area contributed by atoms with Gasteiger partial charge in [-0.2, -0.15) is 0 Å². The third kappa shape index (κ3) is 3.17. The summed E-state index contributed by atoms with van der Waals surface area (Å²) in [6, 6.07) is 4.21. The van der Waals surface area contributed by atoms with E-state index < -0.39 is 10.8 Å². The van der Waals surface area contributed by atoms with E-state index in [2.05, 4.69) is 0 Å². The fourth-order valence-electron chi connectivity index (χ4n) is 1.34. The number of nitro benzene ring substituents is 1. The van der Waals surface area contributed by atoms with Crippen molar-refractivity contribution in [3.8, 4) is 0 Å². The highest BCUT2D eigenvalue weighted by molar-refractivity contribution is 6.32. The molecule has 1 aromatic rings. The molecule has 1 aromatic carbocycles. The first kappa shape index (κ1) is 13.4. The highest BCUT2D eigenvalue weighted by atomic mass is 35.5. The molecule has 0 saturated carbocycles. The maximum Gasteiger partial charge on any atom is 0.313 e. The van der Waals surface area contributed by atoms with Crippen molar-refractivity contribution < 1.29 is 14.5 Å². The number of ether oxygens (including phenoxy) is 1. The highest BCUT2D eigenvalue weighted by Crippen LogP contribution is 2.28. The molecule has 0 heterocycles. The molecule has 6 heteroatoms. The summed E-state index contributed by atoms with van der Waals surface area (Å²) in [5.74, 6) is -0.870. The third-order valence-electron chi connectivity index (χ3n) is 2.31. The summed E-state index contributed by atoms with van der Waals surface area (Å²) < 4.78 is 4.86. The zero-order valence-electron chi connectivity index (χ0n) is 9.47. The normalized spacial score (nSPS) is 11.9. The van der Waals surface area contributed by atoms with Crippen LogP contribution in [0.1, 0.15) is 25.3 Å². The topological polar surface area (TPSA) is 69.4 Å². The number of esters is 1. The second-order valence-electron chi connectivity index (χ2n) is 3.44. The Bertz CT molecular complexity index is 447. The number of benzene rings is 1. The molecular weight excluding hydrogens is 246 g/mol. The number of carbonyl (C=O) groups is 1. The number of nitro groups is 1. The van der Waals surface area contributed by atoms with Gasteiger partial charge in [0, 0.05) is 6.07 Å². The van der Waals surface area contributed by atoms with E-state index in [1.807, 2.05) is 0 Å². The van der Waals surface area contributed by atoms with Crippen LogP contribution in [0.25, 0.3) is 0 Å². The second-order valence-corrected chi connectivity index (χ2v) is 3.85. The van der Waals surface area contributed by atoms with E-state index in [0.717, 1.165) is 0 Å². The lowest BCUT2D eigenvalue weighted by atomic mass is 10.0. The van der Waals surface area contributed by atoms with Crippen LogP contribution >= 0.6 is 11.6 Å². The van der Waals surface area contributed by atoms with Gasteiger partial charge < -0.3 is 4.74 Å². The Morgan fingerprint density at radius 1 is 1.59 bits per heavy atom. The standard InChI is InChI=1S/C11H12ClNO4/c1-3-17-11(14)7(2)8-4-5-10(13(15)16)9(12)6-8/h4-7H,3H2,1-2H3/t7-/m0/s1. The van der Waals surface area contributed by atoms with Crippen LogP contribution in [0.3, 0.4) is 0 Å². The molecule has 92 valence electrons. The van der Waals surface area contributed by atoms with Crippen molar-refractivity contribution in [2.45, 2.75) is 19.8 Å². The Hall–Kier alpha value is -1.62. The first-order valence-electron chi connectivity index (χ1n) is 5.07. The molecule has 0 bridgehead atoms. The van der Waals surface area contributed by atoms with Gasteiger partial charge in [-0.25, -0.2) is 0 Å². The Labute approximate surface area is 103 Å². The number of halogens is 1. The Balaban J connectivity index is 2.97. The van der Waals surface area contributed by atoms with Gasteiger partial charge in [0.1, 0.15) is 5.02 Å². The number of carbonyl (C=O) groups excluding carboxylic acids is 1. The van der Waals surface area contributed by atoms with Gasteiger partial charge in [-0.1, -0.05) is 17.7 Å². The quantitative estimate of drug-likeness (QED) is 0.472. The van der Waals surface area contributed by atoms with Crippen LogP contribution < -0.4 is 0 Å². The predicted octanol–water partition coefficient (Wildman–Crippen LogP) is 2.91. The van der Waals surface area contributed by atoms with Crippen LogP contribution in [0.2, 0.25) is 5.02 Å². The van der Waals surface area contributed by atoms with Crippen LogP contribution in [0.5, 0.6) is 0 Å². The highest BCUT2D eigenvalue weighted by Gasteiger charge is 2.19. The summed E-state index contributed by atoms with van der Waals surface area (Å²) in [6.45, 7) is 3.67. The SMILES string of the molecule is CCOC(=O)[C@@H](C)c1ccc([N+](=O)[O-])c(Cl)c1. The van der Waals surface area contributed by atoms with E-state index in [-0.39, 0.29) is 16.7 Å². The van der Waals surface area contributed by atoms with Gasteiger partial charge in [0.25, 0.3) is 5.69 Å². The molecule has 0 amide bonds. The van der Waals surface area contributed by atoms with Crippen molar-refractivity contribution in [3.05, 3.63) is 38.9 Å². The van der Waals surface area contributed by atoms with E-state index in [1.54, 1.807) is 13.8 Å². The lowest BCUT2D eigenvalue weighted by Crippen LogP contribution is -2.13. The number of hydrogen-bond acceptors (Lipinski definition) is 4. The van der Waals surface area contributed by atoms with Crippen molar-refractivity contribution in [1.29, 1.82) is 0 Å². The zero-order valence-corrected chi connectivity index (χ0v) is 10.2. The monoisotopic (exact) mass is 257 g/mol. The molecule has 0 aromatic heterocycles. The van der Waals surface area contributed by atoms with Crippen LogP contribution in [0.15, 0.2) is 18.2 Å². The molecule has 0 aliphatic carbocycles. The number of nitrogens with zero attached hydrogens (tertiary/aromatic N) is 1. The maximum absolute atomic E-state index is 11.5. The van der Waals surface area contributed by atoms with Crippen LogP contribution in [-0.2, 0) is 9.53 Å². The molecule has 0 radical (unpaired) electrons. The molecule has 17 heavy (non-hydrogen) atoms. The van der Waals surface area contributed by atoms with E-state index in [1.165, 1.54) is 18.2 Å². The molecule has 0 saturated heterocycles. The summed E-state index contributed by atoms with van der Waals surface area (Å²) in [5, 5.41) is 10.6. The molecule has 1 rings (SSSR count). The molecule has 0 aliphatic heterocycles. The Morgan fingerprint density at radius 3 is 2.71 bits per heavy atom. The Kier molecular flexibility index (Phi) is 4.45. The van der Waals surface area contributed by atoms with Gasteiger partial charge >= 0.3 is 5.97 Å². The summed E-state index contributed by atoms with van der Waals surface area (Å²) in [7, 11) is 0. The Morgan fingerprint density at radius 2 is 2.24 bits per heavy atom. The smallest absolute Gasteiger partial charge is 0.313 e. The van der Waals surface area contributed by atoms with Gasteiger partial charge in [-0.05, 0) is 25.5 Å². The molecule has 0 unspecified atom stereocenters. The largest absolute Gasteiger partial charge is 0.466 e. The van der Waals surface area contributed by atoms with Gasteiger partial charge in [-0.15, -0.1) is 0 Å². The fraction of sp³-hybridized carbons (Fsp3) is 0.364. The summed E-state index contributed by atoms with van der Waals surface area (Å²) in [5.41, 5.74) is 0.422. The average molecular weight is 258 g/mol. The summed E-state index contributed by atoms with van der Waals surface area (Å²) in [6.07, 6.45) is 0. The van der Waals surface area contributed by atoms with Crippen molar-refractivity contribution in [2.75, 3.05) is 6.61 Å². The van der Waals surface area contributed by atoms with Crippen LogP contribution in [0.4, 0.5) is 5.69 Å². The van der Waals surface area contributed by atoms with E-state index in [0.29, 0.717) is 12.2 Å². The average Bonchev–Trinajstić information content (AvgIpc) is 2.27. The van der Waals surface area contributed by atoms with Crippen molar-refractivity contribution in [1.82, 2.24) is 0 Å². The van der Waals surface area contributed by atoms with E-state index in [9.17, 15) is 14.9 Å². The van der Waals surface area contributed by atoms with Gasteiger partial charge in [-0.3, -0.25) is 14.9 Å². The minimum Gasteiger partial charge on any atom is -0.466 e. The molecular formula is C11H12ClNO4. The molecule has 0 aliphatic rings. The van der Waals surface area contributed by atoms with Crippen molar-refractivity contribution in [3.63, 3.8) is 0 Å². The van der Waals surface area contributed by atoms with Gasteiger partial charge in [0.15, 0.2) is 0 Å². The number of hydrogen-bond donors (Lipinski definition) is 0. The summed E-state index contributed by atoms with van der Waals surface area (Å²) in [4.78, 5) is 21.5. The second kappa shape index (κ2) is 5.63. The summed E-state index contributed by atoms with van der Waals surface area (Å²) >= 11 is 5.76. The predicted molar refractivity (Wildman–Crippen MR) is 63.2 cm³/mol. The molecule has 0 spiro atoms. The first-order valence-corrected chi connectivity index (χ1v) is 5.45. The first-order chi connectivity index (χ1) is 7.97. The van der Waals surface area contributed by atoms with E-state index in [4.69, 9.17) is 16.3 Å². The molecule has 0 fully saturated rings. The lowest BCUT2D eigenvalue weighted by molar-refractivity contribution is -0.384. The minimum atomic E-state index is -0.568. The molecule has 5 nitrogen and oxygen atoms in total. The van der Waals surface area contributed by atoms with E-state index >= 15 is 0 Å². The van der Waals surface area contributed by atoms with Gasteiger partial charge in [0.2, 0.25) is 0 Å². The minimum absolute atomic E-state index is 0.0173. The lowest BCUT2D eigenvalue weighted by Gasteiger charge is -2.10. The van der Waals surface area contributed by atoms with Crippen molar-refractivity contribution in [2.24, 2.45) is 0 Å². The number of rotatable bonds is 4. The zero-order chi connectivity index (χ0) is 13.0.